The first-order valence-electron chi connectivity index (χ1n) is 20.0. The number of nitrogens with one attached hydrogen (secondary N) is 3. The molecule has 4 N–H and O–H groups in total. The number of allylic oxidation sites excluding steroid dienone is 1. The second kappa shape index (κ2) is 16.0. The minimum absolute atomic E-state index is 0.00365. The molecule has 57 heavy (non-hydrogen) atoms. The van der Waals surface area contributed by atoms with Gasteiger partial charge in [0.25, 0.3) is 5.91 Å². The molecule has 1 aromatic heterocycles. The van der Waals surface area contributed by atoms with Crippen molar-refractivity contribution in [3.63, 3.8) is 0 Å². The molecule has 2 aliphatic carbocycles. The average molecular weight is 811 g/mol. The van der Waals surface area contributed by atoms with Crippen LogP contribution in [0.5, 0.6) is 11.6 Å². The van der Waals surface area contributed by atoms with E-state index in [1.165, 1.54) is 4.90 Å². The minimum Gasteiger partial charge on any atom is -0.497 e. The van der Waals surface area contributed by atoms with Crippen LogP contribution in [0, 0.1) is 17.8 Å². The standard InChI is InChI=1S/C40H54N6O10S/c1-5-25-18-24(2)8-6-7-9-26-21-40(26,37(49)44-57(52,53)39(3)12-13-39)43-34(47)31-20-28(23-46(31)36(48)33(25)42-38(50)51)56-35-29-11-10-27(54-4)19-30(29)32(22-41-35)45-14-16-55-17-15-45/h7,9-11,19,22,24-26,28,31,33,42H,5-6,8,12-18,20-21,23H2,1-4H3,(H,43,47)(H,44,49)(H,50,51)/b9-7-/t24-,25+,26?,28+,31-,33-,40?/m0/s1. The zero-order chi connectivity index (χ0) is 40.7. The van der Waals surface area contributed by atoms with Gasteiger partial charge >= 0.3 is 6.09 Å². The number of carbonyl (C=O) groups is 4. The summed E-state index contributed by atoms with van der Waals surface area (Å²) in [6.07, 6.45) is 6.92. The second-order valence-electron chi connectivity index (χ2n) is 16.5. The van der Waals surface area contributed by atoms with Crippen LogP contribution in [0.4, 0.5) is 10.5 Å². The van der Waals surface area contributed by atoms with E-state index in [2.05, 4.69) is 27.2 Å². The lowest BCUT2D eigenvalue weighted by molar-refractivity contribution is -0.142. The summed E-state index contributed by atoms with van der Waals surface area (Å²) in [5.41, 5.74) is -0.674. The van der Waals surface area contributed by atoms with Crippen molar-refractivity contribution >= 4 is 50.3 Å². The SMILES string of the molecule is CC[C@@H]1C[C@@H](C)CC/C=C\C2CC2(C(=O)NS(=O)(=O)C2(C)CC2)NC(=O)[C@@H]2C[C@@H](Oc3ncc(N4CCOCC4)c4cc(OC)ccc34)CN2C(=O)[C@H]1NC(=O)O. The Morgan fingerprint density at radius 1 is 1.14 bits per heavy atom. The lowest BCUT2D eigenvalue weighted by atomic mass is 9.85. The number of fused-ring (bicyclic) bond motifs is 3. The third-order valence-electron chi connectivity index (χ3n) is 12.6. The highest BCUT2D eigenvalue weighted by Gasteiger charge is 2.63. The molecule has 0 radical (unpaired) electrons. The van der Waals surface area contributed by atoms with Crippen LogP contribution in [0.1, 0.15) is 72.1 Å². The fourth-order valence-corrected chi connectivity index (χ4v) is 9.88. The van der Waals surface area contributed by atoms with Crippen LogP contribution < -0.4 is 29.7 Å². The van der Waals surface area contributed by atoms with E-state index in [-0.39, 0.29) is 37.1 Å². The van der Waals surface area contributed by atoms with Gasteiger partial charge in [0.1, 0.15) is 29.5 Å². The van der Waals surface area contributed by atoms with Gasteiger partial charge in [-0.3, -0.25) is 19.1 Å². The molecule has 7 rings (SSSR count). The molecule has 16 nitrogen and oxygen atoms in total. The predicted molar refractivity (Wildman–Crippen MR) is 210 cm³/mol. The highest BCUT2D eigenvalue weighted by Crippen LogP contribution is 2.48. The highest BCUT2D eigenvalue weighted by atomic mass is 32.2. The largest absolute Gasteiger partial charge is 0.497 e. The zero-order valence-electron chi connectivity index (χ0n) is 33.0. The lowest BCUT2D eigenvalue weighted by Crippen LogP contribution is -2.59. The second-order valence-corrected chi connectivity index (χ2v) is 18.7. The number of methoxy groups -OCH3 is 1. The predicted octanol–water partition coefficient (Wildman–Crippen LogP) is 3.34. The maximum absolute atomic E-state index is 14.7. The third-order valence-corrected chi connectivity index (χ3v) is 14.7. The van der Waals surface area contributed by atoms with Gasteiger partial charge in [0.05, 0.1) is 43.5 Å². The van der Waals surface area contributed by atoms with E-state index in [0.717, 1.165) is 17.5 Å². The number of benzene rings is 1. The number of morpholine rings is 1. The van der Waals surface area contributed by atoms with Crippen LogP contribution in [0.15, 0.2) is 36.5 Å². The molecule has 2 saturated carbocycles. The molecule has 1 aromatic carbocycles. The van der Waals surface area contributed by atoms with E-state index in [9.17, 15) is 32.7 Å². The van der Waals surface area contributed by atoms with Crippen LogP contribution in [-0.2, 0) is 29.1 Å². The first-order valence-corrected chi connectivity index (χ1v) is 21.5. The smallest absolute Gasteiger partial charge is 0.405 e. The first kappa shape index (κ1) is 40.6. The summed E-state index contributed by atoms with van der Waals surface area (Å²) >= 11 is 0. The maximum Gasteiger partial charge on any atom is 0.405 e. The Hall–Kier alpha value is -4.64. The van der Waals surface area contributed by atoms with Crippen molar-refractivity contribution in [1.29, 1.82) is 0 Å². The molecule has 17 heteroatoms. The fraction of sp³-hybridized carbons (Fsp3) is 0.625. The molecule has 310 valence electrons. The molecule has 4 fully saturated rings. The summed E-state index contributed by atoms with van der Waals surface area (Å²) in [6.45, 7) is 7.98. The number of rotatable bonds is 9. The number of amides is 4. The summed E-state index contributed by atoms with van der Waals surface area (Å²) < 4.78 is 45.3. The Bertz CT molecular complexity index is 2040. The Balaban J connectivity index is 1.23. The zero-order valence-corrected chi connectivity index (χ0v) is 33.8. The number of hydrogen-bond donors (Lipinski definition) is 4. The molecule has 5 aliphatic rings. The van der Waals surface area contributed by atoms with Gasteiger partial charge in [-0.15, -0.1) is 0 Å². The molecule has 4 heterocycles. The molecule has 0 spiro atoms. The summed E-state index contributed by atoms with van der Waals surface area (Å²) in [7, 11) is -2.43. The van der Waals surface area contributed by atoms with E-state index in [1.54, 1.807) is 26.3 Å². The maximum atomic E-state index is 14.7. The minimum atomic E-state index is -4.02. The molecule has 2 unspecified atom stereocenters. The Labute approximate surface area is 333 Å². The summed E-state index contributed by atoms with van der Waals surface area (Å²) in [5, 5.41) is 16.8. The molecular formula is C40H54N6O10S. The molecule has 0 bridgehead atoms. The number of ether oxygens (including phenoxy) is 3. The molecule has 2 aromatic rings. The van der Waals surface area contributed by atoms with Crippen molar-refractivity contribution in [3.05, 3.63) is 36.5 Å². The summed E-state index contributed by atoms with van der Waals surface area (Å²) in [5.74, 6) is -1.84. The van der Waals surface area contributed by atoms with Crippen LogP contribution >= 0.6 is 0 Å². The van der Waals surface area contributed by atoms with Gasteiger partial charge in [0, 0.05) is 36.2 Å². The van der Waals surface area contributed by atoms with E-state index < -0.39 is 68.2 Å². The number of nitrogens with zero attached hydrogens (tertiary/aromatic N) is 3. The van der Waals surface area contributed by atoms with Crippen molar-refractivity contribution in [2.45, 2.75) is 101 Å². The van der Waals surface area contributed by atoms with Gasteiger partial charge in [0.15, 0.2) is 0 Å². The van der Waals surface area contributed by atoms with Gasteiger partial charge < -0.3 is 39.8 Å². The molecule has 4 amide bonds. The van der Waals surface area contributed by atoms with Gasteiger partial charge in [0.2, 0.25) is 27.7 Å². The average Bonchev–Trinajstić information content (AvgIpc) is 4.07. The topological polar surface area (TPSA) is 206 Å². The van der Waals surface area contributed by atoms with Crippen molar-refractivity contribution in [2.75, 3.05) is 44.9 Å². The van der Waals surface area contributed by atoms with E-state index in [1.807, 2.05) is 31.2 Å². The van der Waals surface area contributed by atoms with Gasteiger partial charge in [-0.1, -0.05) is 32.4 Å². The number of carbonyl (C=O) groups excluding carboxylic acids is 3. The first-order chi connectivity index (χ1) is 27.2. The lowest BCUT2D eigenvalue weighted by Gasteiger charge is -2.33. The van der Waals surface area contributed by atoms with Crippen molar-refractivity contribution in [3.8, 4) is 11.6 Å². The quantitative estimate of drug-likeness (QED) is 0.269. The van der Waals surface area contributed by atoms with Crippen LogP contribution in [-0.4, -0.2) is 116 Å². The number of pyridine rings is 1. The third kappa shape index (κ3) is 8.22. The summed E-state index contributed by atoms with van der Waals surface area (Å²) in [4.78, 5) is 63.6. The Morgan fingerprint density at radius 3 is 2.58 bits per heavy atom. The van der Waals surface area contributed by atoms with E-state index in [4.69, 9.17) is 19.2 Å². The summed E-state index contributed by atoms with van der Waals surface area (Å²) in [6, 6.07) is 3.24. The van der Waals surface area contributed by atoms with Crippen LogP contribution in [0.25, 0.3) is 10.8 Å². The Kier molecular flexibility index (Phi) is 11.3. The van der Waals surface area contributed by atoms with E-state index in [0.29, 0.717) is 69.5 Å². The highest BCUT2D eigenvalue weighted by molar-refractivity contribution is 7.91. The van der Waals surface area contributed by atoms with Crippen LogP contribution in [0.2, 0.25) is 0 Å². The van der Waals surface area contributed by atoms with Gasteiger partial charge in [-0.2, -0.15) is 0 Å². The number of sulfonamides is 1. The Morgan fingerprint density at radius 2 is 1.89 bits per heavy atom. The number of aromatic nitrogens is 1. The van der Waals surface area contributed by atoms with Gasteiger partial charge in [-0.05, 0) is 75.5 Å². The number of hydrogen-bond acceptors (Lipinski definition) is 11. The normalized spacial score (nSPS) is 30.8. The molecular weight excluding hydrogens is 757 g/mol. The molecule has 3 aliphatic heterocycles. The monoisotopic (exact) mass is 810 g/mol. The van der Waals surface area contributed by atoms with Crippen molar-refractivity contribution in [1.82, 2.24) is 25.2 Å². The van der Waals surface area contributed by atoms with Gasteiger partial charge in [-0.25, -0.2) is 18.2 Å². The number of carboxylic acid groups (broad SMARTS) is 1. The van der Waals surface area contributed by atoms with Crippen molar-refractivity contribution in [2.24, 2.45) is 17.8 Å². The molecule has 2 saturated heterocycles. The molecule has 7 atom stereocenters. The van der Waals surface area contributed by atoms with Crippen molar-refractivity contribution < 1.29 is 46.9 Å². The fourth-order valence-electron chi connectivity index (χ4n) is 8.56. The van der Waals surface area contributed by atoms with E-state index >= 15 is 0 Å². The van der Waals surface area contributed by atoms with Crippen LogP contribution in [0.3, 0.4) is 0 Å². The number of anilines is 1.